The second kappa shape index (κ2) is 8.03. The van der Waals surface area contributed by atoms with Crippen molar-refractivity contribution in [3.63, 3.8) is 0 Å². The first-order chi connectivity index (χ1) is 7.54. The van der Waals surface area contributed by atoms with Gasteiger partial charge in [0.15, 0.2) is 10.9 Å². The molecule has 1 rings (SSSR count). The summed E-state index contributed by atoms with van der Waals surface area (Å²) in [5.74, 6) is 5.99. The van der Waals surface area contributed by atoms with E-state index in [2.05, 4.69) is 35.5 Å². The first-order valence-electron chi connectivity index (χ1n) is 4.89. The van der Waals surface area contributed by atoms with Crippen LogP contribution in [0.2, 0.25) is 0 Å². The van der Waals surface area contributed by atoms with Crippen molar-refractivity contribution in [2.75, 3.05) is 5.43 Å². The summed E-state index contributed by atoms with van der Waals surface area (Å²) in [6.07, 6.45) is 1.99. The third-order valence-electron chi connectivity index (χ3n) is 1.93. The number of aryl methyl sites for hydroxylation is 2. The van der Waals surface area contributed by atoms with Gasteiger partial charge >= 0.3 is 0 Å². The molecular weight excluding hydrogens is 228 g/mol. The molecule has 0 amide bonds. The molecular formula is C9H18N4O2S. The van der Waals surface area contributed by atoms with E-state index in [9.17, 15) is 0 Å². The van der Waals surface area contributed by atoms with Crippen molar-refractivity contribution in [3.8, 4) is 0 Å². The van der Waals surface area contributed by atoms with Crippen molar-refractivity contribution in [3.05, 3.63) is 23.4 Å². The molecule has 0 aromatic carbocycles. The number of nitrogens with two attached hydrogens (primary N) is 2. The van der Waals surface area contributed by atoms with Gasteiger partial charge in [-0.3, -0.25) is 0 Å². The summed E-state index contributed by atoms with van der Waals surface area (Å²) in [7, 11) is -2.62. The molecule has 16 heavy (non-hydrogen) atoms. The topological polar surface area (TPSA) is 111 Å². The van der Waals surface area contributed by atoms with Gasteiger partial charge in [0, 0.05) is 5.69 Å². The summed E-state index contributed by atoms with van der Waals surface area (Å²) >= 11 is 0. The number of rotatable bonds is 3. The van der Waals surface area contributed by atoms with Crippen LogP contribution in [0.1, 0.15) is 25.1 Å². The average Bonchev–Trinajstić information content (AvgIpc) is 2.27. The number of nitrogens with one attached hydrogen (secondary N) is 1. The normalized spacial score (nSPS) is 9.56. The summed E-state index contributed by atoms with van der Waals surface area (Å²) in [6, 6.07) is 3.97. The molecule has 7 heteroatoms. The van der Waals surface area contributed by atoms with Crippen molar-refractivity contribution < 1.29 is 8.42 Å². The van der Waals surface area contributed by atoms with Gasteiger partial charge in [0.05, 0.1) is 0 Å². The Balaban J connectivity index is 0.000000487. The van der Waals surface area contributed by atoms with Gasteiger partial charge < -0.3 is 5.43 Å². The van der Waals surface area contributed by atoms with Crippen LogP contribution in [-0.4, -0.2) is 13.4 Å². The lowest BCUT2D eigenvalue weighted by molar-refractivity contribution is 0.616. The van der Waals surface area contributed by atoms with Crippen LogP contribution >= 0.6 is 0 Å². The number of aromatic nitrogens is 1. The highest BCUT2D eigenvalue weighted by Crippen LogP contribution is 2.11. The maximum Gasteiger partial charge on any atom is 0.198 e. The van der Waals surface area contributed by atoms with E-state index in [1.807, 2.05) is 6.07 Å². The minimum atomic E-state index is -2.62. The van der Waals surface area contributed by atoms with Crippen LogP contribution in [-0.2, 0) is 23.7 Å². The molecule has 92 valence electrons. The third-order valence-corrected chi connectivity index (χ3v) is 1.93. The standard InChI is InChI=1S/C9H15N3.H3NO2S/c1-3-7-5-6-9(12-10)11-8(7)4-2;1-4(2)3/h5-6H,3-4,10H2,1-2H3,(H,11,12);4H,(H2,1,2,3). The summed E-state index contributed by atoms with van der Waals surface area (Å²) in [5, 5.41) is 4.06. The first-order valence-corrected chi connectivity index (χ1v) is 6.14. The lowest BCUT2D eigenvalue weighted by Crippen LogP contribution is -2.10. The van der Waals surface area contributed by atoms with Gasteiger partial charge in [-0.25, -0.2) is 24.4 Å². The number of nitrogens with zero attached hydrogens (tertiary/aromatic N) is 1. The van der Waals surface area contributed by atoms with Crippen LogP contribution in [0.3, 0.4) is 0 Å². The van der Waals surface area contributed by atoms with Gasteiger partial charge in [0.2, 0.25) is 0 Å². The van der Waals surface area contributed by atoms with Crippen LogP contribution in [0.25, 0.3) is 0 Å². The molecule has 1 aromatic heterocycles. The molecule has 1 aromatic rings. The first kappa shape index (κ1) is 14.8. The van der Waals surface area contributed by atoms with Crippen molar-refractivity contribution in [1.29, 1.82) is 0 Å². The molecule has 0 bridgehead atoms. The maximum atomic E-state index is 8.81. The Bertz CT molecular complexity index is 385. The van der Waals surface area contributed by atoms with E-state index < -0.39 is 10.9 Å². The minimum Gasteiger partial charge on any atom is -0.308 e. The minimum absolute atomic E-state index is 0.740. The van der Waals surface area contributed by atoms with Crippen molar-refractivity contribution in [2.24, 2.45) is 11.0 Å². The van der Waals surface area contributed by atoms with E-state index in [0.29, 0.717) is 0 Å². The second-order valence-electron chi connectivity index (χ2n) is 2.94. The number of hydrogen-bond donors (Lipinski definition) is 4. The molecule has 0 aliphatic heterocycles. The number of thiol groups is 1. The van der Waals surface area contributed by atoms with Gasteiger partial charge in [-0.2, -0.15) is 0 Å². The number of nitrogen functional groups attached to an aromatic ring is 1. The quantitative estimate of drug-likeness (QED) is 0.340. The zero-order chi connectivity index (χ0) is 12.6. The van der Waals surface area contributed by atoms with E-state index >= 15 is 0 Å². The molecule has 0 unspecified atom stereocenters. The third kappa shape index (κ3) is 5.64. The monoisotopic (exact) mass is 246 g/mol. The molecule has 0 radical (unpaired) electrons. The predicted molar refractivity (Wildman–Crippen MR) is 65.3 cm³/mol. The zero-order valence-electron chi connectivity index (χ0n) is 9.43. The molecule has 0 spiro atoms. The van der Waals surface area contributed by atoms with E-state index in [1.54, 1.807) is 0 Å². The zero-order valence-corrected chi connectivity index (χ0v) is 10.3. The summed E-state index contributed by atoms with van der Waals surface area (Å²) in [6.45, 7) is 4.23. The van der Waals surface area contributed by atoms with Gasteiger partial charge in [0.1, 0.15) is 5.82 Å². The second-order valence-corrected chi connectivity index (χ2v) is 3.51. The highest BCUT2D eigenvalue weighted by Gasteiger charge is 2.00. The van der Waals surface area contributed by atoms with Crippen LogP contribution in [0, 0.1) is 0 Å². The van der Waals surface area contributed by atoms with Crippen LogP contribution in [0.15, 0.2) is 12.1 Å². The van der Waals surface area contributed by atoms with E-state index in [0.717, 1.165) is 24.4 Å². The number of hydrazine groups is 1. The van der Waals surface area contributed by atoms with Crippen LogP contribution in [0.5, 0.6) is 0 Å². The Morgan fingerprint density at radius 2 is 1.88 bits per heavy atom. The van der Waals surface area contributed by atoms with Gasteiger partial charge in [-0.15, -0.1) is 0 Å². The Kier molecular flexibility index (Phi) is 7.44. The maximum absolute atomic E-state index is 8.81. The summed E-state index contributed by atoms with van der Waals surface area (Å²) in [5.41, 5.74) is 4.98. The molecule has 0 aliphatic carbocycles. The summed E-state index contributed by atoms with van der Waals surface area (Å²) in [4.78, 5) is 4.34. The van der Waals surface area contributed by atoms with E-state index in [4.69, 9.17) is 14.3 Å². The summed E-state index contributed by atoms with van der Waals surface area (Å²) < 4.78 is 17.6. The highest BCUT2D eigenvalue weighted by molar-refractivity contribution is 7.69. The Labute approximate surface area is 97.1 Å². The fourth-order valence-corrected chi connectivity index (χ4v) is 1.24. The van der Waals surface area contributed by atoms with Crippen molar-refractivity contribution in [1.82, 2.24) is 4.98 Å². The lowest BCUT2D eigenvalue weighted by Gasteiger charge is -2.06. The van der Waals surface area contributed by atoms with Gasteiger partial charge in [-0.05, 0) is 24.5 Å². The number of pyridine rings is 1. The van der Waals surface area contributed by atoms with Crippen molar-refractivity contribution in [2.45, 2.75) is 26.7 Å². The van der Waals surface area contributed by atoms with Crippen LogP contribution < -0.4 is 16.4 Å². The number of anilines is 1. The molecule has 1 heterocycles. The fourth-order valence-electron chi connectivity index (χ4n) is 1.24. The molecule has 0 aliphatic rings. The smallest absolute Gasteiger partial charge is 0.198 e. The van der Waals surface area contributed by atoms with Gasteiger partial charge in [0.25, 0.3) is 0 Å². The fraction of sp³-hybridized carbons (Fsp3) is 0.444. The van der Waals surface area contributed by atoms with Crippen molar-refractivity contribution >= 4 is 16.7 Å². The highest BCUT2D eigenvalue weighted by atomic mass is 32.2. The van der Waals surface area contributed by atoms with E-state index in [1.165, 1.54) is 5.56 Å². The SMILES string of the molecule is CCc1ccc(NN)nc1CC.N[SH](=O)=O. The Morgan fingerprint density at radius 1 is 1.31 bits per heavy atom. The molecule has 0 saturated carbocycles. The molecule has 0 atom stereocenters. The van der Waals surface area contributed by atoms with E-state index in [-0.39, 0.29) is 0 Å². The lowest BCUT2D eigenvalue weighted by atomic mass is 10.1. The average molecular weight is 246 g/mol. The Hall–Kier alpha value is -1.18. The number of hydrogen-bond acceptors (Lipinski definition) is 5. The predicted octanol–water partition coefficient (Wildman–Crippen LogP) is -0.0365. The van der Waals surface area contributed by atoms with Crippen LogP contribution in [0.4, 0.5) is 5.82 Å². The molecule has 6 nitrogen and oxygen atoms in total. The molecule has 5 N–H and O–H groups in total. The Morgan fingerprint density at radius 3 is 2.25 bits per heavy atom. The molecule has 0 fully saturated rings. The molecule has 0 saturated heterocycles. The largest absolute Gasteiger partial charge is 0.308 e. The van der Waals surface area contributed by atoms with Gasteiger partial charge in [-0.1, -0.05) is 19.9 Å².